The summed E-state index contributed by atoms with van der Waals surface area (Å²) in [5, 5.41) is 3.59. The average Bonchev–Trinajstić information content (AvgIpc) is 2.24. The van der Waals surface area contributed by atoms with Crippen LogP contribution in [0.25, 0.3) is 0 Å². The Morgan fingerprint density at radius 3 is 2.06 bits per heavy atom. The summed E-state index contributed by atoms with van der Waals surface area (Å²) in [5.74, 6) is 0.753. The predicted octanol–water partition coefficient (Wildman–Crippen LogP) is 3.52. The molecule has 0 amide bonds. The molecule has 0 saturated carbocycles. The van der Waals surface area contributed by atoms with Gasteiger partial charge in [0.15, 0.2) is 0 Å². The first-order chi connectivity index (χ1) is 8.02. The summed E-state index contributed by atoms with van der Waals surface area (Å²) in [4.78, 5) is 2.68. The van der Waals surface area contributed by atoms with Crippen LogP contribution in [0.4, 0.5) is 0 Å². The van der Waals surface area contributed by atoms with Gasteiger partial charge in [0.2, 0.25) is 0 Å². The molecule has 0 aromatic carbocycles. The van der Waals surface area contributed by atoms with Gasteiger partial charge >= 0.3 is 0 Å². The van der Waals surface area contributed by atoms with Crippen LogP contribution in [0.1, 0.15) is 60.8 Å². The van der Waals surface area contributed by atoms with E-state index in [1.807, 2.05) is 0 Å². The van der Waals surface area contributed by atoms with E-state index in [-0.39, 0.29) is 0 Å². The van der Waals surface area contributed by atoms with E-state index in [9.17, 15) is 0 Å². The Balaban J connectivity index is 4.35. The Morgan fingerprint density at radius 1 is 1.00 bits per heavy atom. The molecule has 0 bridgehead atoms. The number of hydrogen-bond donors (Lipinski definition) is 1. The number of nitrogens with zero attached hydrogens (tertiary/aromatic N) is 1. The van der Waals surface area contributed by atoms with E-state index in [0.29, 0.717) is 12.1 Å². The van der Waals surface area contributed by atoms with Crippen LogP contribution in [0.2, 0.25) is 0 Å². The summed E-state index contributed by atoms with van der Waals surface area (Å²) >= 11 is 0. The maximum Gasteiger partial charge on any atom is 0.0223 e. The van der Waals surface area contributed by atoms with Crippen molar-refractivity contribution in [1.82, 2.24) is 10.2 Å². The van der Waals surface area contributed by atoms with Gasteiger partial charge in [-0.25, -0.2) is 0 Å². The van der Waals surface area contributed by atoms with Crippen molar-refractivity contribution in [2.45, 2.75) is 72.9 Å². The lowest BCUT2D eigenvalue weighted by Gasteiger charge is -2.36. The molecule has 0 saturated heterocycles. The highest BCUT2D eigenvalue weighted by Crippen LogP contribution is 2.13. The van der Waals surface area contributed by atoms with Gasteiger partial charge in [-0.15, -0.1) is 0 Å². The van der Waals surface area contributed by atoms with Gasteiger partial charge in [0, 0.05) is 25.2 Å². The van der Waals surface area contributed by atoms with Crippen LogP contribution < -0.4 is 5.32 Å². The molecule has 0 aromatic heterocycles. The minimum absolute atomic E-state index is 0.650. The monoisotopic (exact) mass is 242 g/mol. The SMILES string of the molecule is CCCNCC(CCC)N(CC(C)C)C(C)C. The Hall–Kier alpha value is -0.0800. The van der Waals surface area contributed by atoms with Crippen LogP contribution in [0.3, 0.4) is 0 Å². The zero-order valence-corrected chi connectivity index (χ0v) is 12.9. The van der Waals surface area contributed by atoms with Crippen molar-refractivity contribution < 1.29 is 0 Å². The summed E-state index contributed by atoms with van der Waals surface area (Å²) in [5.41, 5.74) is 0. The fraction of sp³-hybridized carbons (Fsp3) is 1.00. The molecule has 1 N–H and O–H groups in total. The minimum Gasteiger partial charge on any atom is -0.315 e. The van der Waals surface area contributed by atoms with Crippen LogP contribution in [0.15, 0.2) is 0 Å². The standard InChI is InChI=1S/C15H34N2/c1-7-9-15(11-16-10-8-2)17(14(5)6)12-13(3)4/h13-16H,7-12H2,1-6H3. The molecule has 0 fully saturated rings. The van der Waals surface area contributed by atoms with Crippen molar-refractivity contribution >= 4 is 0 Å². The van der Waals surface area contributed by atoms with Gasteiger partial charge in [0.05, 0.1) is 0 Å². The zero-order valence-electron chi connectivity index (χ0n) is 12.9. The highest BCUT2D eigenvalue weighted by Gasteiger charge is 2.20. The molecule has 0 heterocycles. The van der Waals surface area contributed by atoms with Crippen LogP contribution >= 0.6 is 0 Å². The van der Waals surface area contributed by atoms with E-state index in [2.05, 4.69) is 51.8 Å². The molecule has 104 valence electrons. The highest BCUT2D eigenvalue weighted by atomic mass is 15.2. The lowest BCUT2D eigenvalue weighted by molar-refractivity contribution is 0.125. The van der Waals surface area contributed by atoms with E-state index in [0.717, 1.165) is 19.0 Å². The first kappa shape index (κ1) is 16.9. The van der Waals surface area contributed by atoms with Gasteiger partial charge in [-0.3, -0.25) is 4.90 Å². The molecule has 2 heteroatoms. The Kier molecular flexibility index (Phi) is 9.85. The number of hydrogen-bond acceptors (Lipinski definition) is 2. The first-order valence-corrected chi connectivity index (χ1v) is 7.49. The van der Waals surface area contributed by atoms with Crippen LogP contribution in [0, 0.1) is 5.92 Å². The van der Waals surface area contributed by atoms with Crippen molar-refractivity contribution in [1.29, 1.82) is 0 Å². The molecule has 0 radical (unpaired) electrons. The van der Waals surface area contributed by atoms with Crippen molar-refractivity contribution in [3.63, 3.8) is 0 Å². The predicted molar refractivity (Wildman–Crippen MR) is 78.5 cm³/mol. The Labute approximate surface area is 109 Å². The fourth-order valence-corrected chi connectivity index (χ4v) is 2.37. The Morgan fingerprint density at radius 2 is 1.65 bits per heavy atom. The van der Waals surface area contributed by atoms with Crippen LogP contribution in [0.5, 0.6) is 0 Å². The molecule has 2 nitrogen and oxygen atoms in total. The molecular weight excluding hydrogens is 208 g/mol. The van der Waals surface area contributed by atoms with E-state index >= 15 is 0 Å². The number of rotatable bonds is 10. The molecule has 17 heavy (non-hydrogen) atoms. The van der Waals surface area contributed by atoms with E-state index in [4.69, 9.17) is 0 Å². The van der Waals surface area contributed by atoms with E-state index in [1.54, 1.807) is 0 Å². The molecule has 0 aliphatic rings. The summed E-state index contributed by atoms with van der Waals surface area (Å²) in [6, 6.07) is 1.35. The van der Waals surface area contributed by atoms with Gasteiger partial charge in [-0.05, 0) is 39.2 Å². The van der Waals surface area contributed by atoms with Gasteiger partial charge in [0.25, 0.3) is 0 Å². The van der Waals surface area contributed by atoms with Gasteiger partial charge in [-0.1, -0.05) is 34.1 Å². The summed E-state index contributed by atoms with van der Waals surface area (Å²) < 4.78 is 0. The lowest BCUT2D eigenvalue weighted by atomic mass is 10.1. The van der Waals surface area contributed by atoms with E-state index in [1.165, 1.54) is 25.8 Å². The lowest BCUT2D eigenvalue weighted by Crippen LogP contribution is -2.47. The molecule has 0 aliphatic heterocycles. The first-order valence-electron chi connectivity index (χ1n) is 7.49. The third kappa shape index (κ3) is 7.77. The van der Waals surface area contributed by atoms with Crippen LogP contribution in [-0.4, -0.2) is 36.6 Å². The molecule has 0 aliphatic carbocycles. The van der Waals surface area contributed by atoms with Gasteiger partial charge in [0.1, 0.15) is 0 Å². The van der Waals surface area contributed by atoms with Crippen molar-refractivity contribution in [3.8, 4) is 0 Å². The fourth-order valence-electron chi connectivity index (χ4n) is 2.37. The topological polar surface area (TPSA) is 15.3 Å². The third-order valence-corrected chi connectivity index (χ3v) is 3.14. The summed E-state index contributed by atoms with van der Waals surface area (Å²) in [6.07, 6.45) is 3.81. The second kappa shape index (κ2) is 9.90. The Bertz CT molecular complexity index is 166. The summed E-state index contributed by atoms with van der Waals surface area (Å²) in [7, 11) is 0. The molecular formula is C15H34N2. The van der Waals surface area contributed by atoms with Crippen molar-refractivity contribution in [2.24, 2.45) is 5.92 Å². The third-order valence-electron chi connectivity index (χ3n) is 3.14. The molecule has 0 rings (SSSR count). The highest BCUT2D eigenvalue weighted by molar-refractivity contribution is 4.77. The maximum atomic E-state index is 3.59. The van der Waals surface area contributed by atoms with Crippen molar-refractivity contribution in [2.75, 3.05) is 19.6 Å². The average molecular weight is 242 g/mol. The minimum atomic E-state index is 0.650. The van der Waals surface area contributed by atoms with Crippen molar-refractivity contribution in [3.05, 3.63) is 0 Å². The van der Waals surface area contributed by atoms with Gasteiger partial charge in [-0.2, -0.15) is 0 Å². The molecule has 1 unspecified atom stereocenters. The maximum absolute atomic E-state index is 3.59. The van der Waals surface area contributed by atoms with Crippen LogP contribution in [-0.2, 0) is 0 Å². The van der Waals surface area contributed by atoms with Gasteiger partial charge < -0.3 is 5.32 Å². The second-order valence-corrected chi connectivity index (χ2v) is 5.83. The smallest absolute Gasteiger partial charge is 0.0223 e. The summed E-state index contributed by atoms with van der Waals surface area (Å²) in [6.45, 7) is 17.3. The largest absolute Gasteiger partial charge is 0.315 e. The second-order valence-electron chi connectivity index (χ2n) is 5.83. The zero-order chi connectivity index (χ0) is 13.3. The molecule has 1 atom stereocenters. The molecule has 0 aromatic rings. The normalized spacial score (nSPS) is 13.9. The quantitative estimate of drug-likeness (QED) is 0.590. The number of nitrogens with one attached hydrogen (secondary N) is 1. The van der Waals surface area contributed by atoms with E-state index < -0.39 is 0 Å². The molecule has 0 spiro atoms.